The molecule has 1 aliphatic rings. The first-order valence-electron chi connectivity index (χ1n) is 6.16. The van der Waals surface area contributed by atoms with Crippen LogP contribution in [-0.2, 0) is 10.0 Å². The third-order valence-corrected chi connectivity index (χ3v) is 4.58. The van der Waals surface area contributed by atoms with Crippen molar-refractivity contribution in [3.05, 3.63) is 29.8 Å². The van der Waals surface area contributed by atoms with E-state index in [1.165, 1.54) is 12.8 Å². The summed E-state index contributed by atoms with van der Waals surface area (Å²) in [6.07, 6.45) is 2.58. The van der Waals surface area contributed by atoms with Gasteiger partial charge in [-0.2, -0.15) is 0 Å². The first kappa shape index (κ1) is 13.5. The van der Waals surface area contributed by atoms with Gasteiger partial charge in [0.15, 0.2) is 0 Å². The second-order valence-corrected chi connectivity index (χ2v) is 7.09. The summed E-state index contributed by atoms with van der Waals surface area (Å²) in [5.41, 5.74) is 1.54. The van der Waals surface area contributed by atoms with Gasteiger partial charge in [-0.25, -0.2) is 13.6 Å². The Labute approximate surface area is 109 Å². The largest absolute Gasteiger partial charge is 0.310 e. The Balaban J connectivity index is 2.00. The average molecular weight is 268 g/mol. The lowest BCUT2D eigenvalue weighted by molar-refractivity contribution is 0.457. The third-order valence-electron chi connectivity index (χ3n) is 3.65. The molecule has 1 aromatic rings. The standard InChI is InChI=1S/C13H20N2O2S/c1-10(15-9-13(2)7-8-13)11-3-5-12(6-4-11)18(14,16)17/h3-6,10,15H,7-9H2,1-2H3,(H2,14,16,17). The molecule has 1 unspecified atom stereocenters. The van der Waals surface area contributed by atoms with Crippen molar-refractivity contribution in [1.29, 1.82) is 0 Å². The van der Waals surface area contributed by atoms with E-state index in [1.54, 1.807) is 12.1 Å². The van der Waals surface area contributed by atoms with Crippen molar-refractivity contribution in [2.75, 3.05) is 6.54 Å². The van der Waals surface area contributed by atoms with Crippen LogP contribution in [0.4, 0.5) is 0 Å². The van der Waals surface area contributed by atoms with Gasteiger partial charge in [-0.15, -0.1) is 0 Å². The molecule has 0 aliphatic heterocycles. The quantitative estimate of drug-likeness (QED) is 0.855. The van der Waals surface area contributed by atoms with Crippen molar-refractivity contribution in [3.63, 3.8) is 0 Å². The molecule has 18 heavy (non-hydrogen) atoms. The minimum atomic E-state index is -3.59. The van der Waals surface area contributed by atoms with Gasteiger partial charge in [0.1, 0.15) is 0 Å². The maximum absolute atomic E-state index is 11.1. The number of hydrogen-bond donors (Lipinski definition) is 2. The molecule has 100 valence electrons. The van der Waals surface area contributed by atoms with Gasteiger partial charge in [-0.3, -0.25) is 0 Å². The van der Waals surface area contributed by atoms with Gasteiger partial charge >= 0.3 is 0 Å². The van der Waals surface area contributed by atoms with Crippen molar-refractivity contribution in [1.82, 2.24) is 5.32 Å². The van der Waals surface area contributed by atoms with Crippen LogP contribution in [0.25, 0.3) is 0 Å². The number of nitrogens with two attached hydrogens (primary N) is 1. The predicted molar refractivity (Wildman–Crippen MR) is 71.6 cm³/mol. The van der Waals surface area contributed by atoms with Crippen LogP contribution in [0.2, 0.25) is 0 Å². The van der Waals surface area contributed by atoms with Crippen LogP contribution in [0.15, 0.2) is 29.2 Å². The molecule has 0 aromatic heterocycles. The SMILES string of the molecule is CC(NCC1(C)CC1)c1ccc(S(N)(=O)=O)cc1. The highest BCUT2D eigenvalue weighted by molar-refractivity contribution is 7.89. The van der Waals surface area contributed by atoms with Crippen LogP contribution in [0, 0.1) is 5.41 Å². The summed E-state index contributed by atoms with van der Waals surface area (Å²) in [7, 11) is -3.59. The minimum absolute atomic E-state index is 0.160. The molecular formula is C13H20N2O2S. The van der Waals surface area contributed by atoms with Crippen molar-refractivity contribution in [2.24, 2.45) is 10.6 Å². The molecule has 0 radical (unpaired) electrons. The molecule has 1 aromatic carbocycles. The summed E-state index contributed by atoms with van der Waals surface area (Å²) in [6.45, 7) is 5.36. The van der Waals surface area contributed by atoms with Crippen molar-refractivity contribution < 1.29 is 8.42 Å². The van der Waals surface area contributed by atoms with Gasteiger partial charge in [-0.1, -0.05) is 19.1 Å². The Morgan fingerprint density at radius 3 is 2.33 bits per heavy atom. The molecule has 0 spiro atoms. The van der Waals surface area contributed by atoms with E-state index in [2.05, 4.69) is 19.2 Å². The molecule has 1 aliphatic carbocycles. The number of primary sulfonamides is 1. The lowest BCUT2D eigenvalue weighted by Crippen LogP contribution is -2.25. The highest BCUT2D eigenvalue weighted by Crippen LogP contribution is 2.44. The maximum Gasteiger partial charge on any atom is 0.238 e. The van der Waals surface area contributed by atoms with E-state index in [-0.39, 0.29) is 10.9 Å². The van der Waals surface area contributed by atoms with Gasteiger partial charge in [-0.05, 0) is 42.9 Å². The molecule has 5 heteroatoms. The minimum Gasteiger partial charge on any atom is -0.310 e. The van der Waals surface area contributed by atoms with Crippen LogP contribution < -0.4 is 10.5 Å². The Morgan fingerprint density at radius 1 is 1.33 bits per heavy atom. The van der Waals surface area contributed by atoms with Crippen LogP contribution in [0.5, 0.6) is 0 Å². The molecule has 1 fully saturated rings. The summed E-state index contributed by atoms with van der Waals surface area (Å²) < 4.78 is 22.3. The summed E-state index contributed by atoms with van der Waals surface area (Å²) in [6, 6.07) is 6.96. The number of sulfonamides is 1. The van der Waals surface area contributed by atoms with Crippen molar-refractivity contribution >= 4 is 10.0 Å². The molecule has 1 saturated carbocycles. The van der Waals surface area contributed by atoms with E-state index in [9.17, 15) is 8.42 Å². The average Bonchev–Trinajstić information content (AvgIpc) is 3.04. The Morgan fingerprint density at radius 2 is 1.89 bits per heavy atom. The van der Waals surface area contributed by atoms with E-state index >= 15 is 0 Å². The number of rotatable bonds is 5. The third kappa shape index (κ3) is 3.31. The van der Waals surface area contributed by atoms with Crippen molar-refractivity contribution in [2.45, 2.75) is 37.6 Å². The topological polar surface area (TPSA) is 72.2 Å². The molecule has 0 amide bonds. The molecule has 2 rings (SSSR count). The Hall–Kier alpha value is -0.910. The predicted octanol–water partition coefficient (Wildman–Crippen LogP) is 1.78. The van der Waals surface area contributed by atoms with Gasteiger partial charge in [0.2, 0.25) is 10.0 Å². The molecule has 4 nitrogen and oxygen atoms in total. The van der Waals surface area contributed by atoms with Gasteiger partial charge < -0.3 is 5.32 Å². The zero-order chi connectivity index (χ0) is 13.4. The number of hydrogen-bond acceptors (Lipinski definition) is 3. The Bertz CT molecular complexity index is 518. The maximum atomic E-state index is 11.1. The van der Waals surface area contributed by atoms with E-state index in [0.29, 0.717) is 5.41 Å². The first-order valence-corrected chi connectivity index (χ1v) is 7.71. The monoisotopic (exact) mass is 268 g/mol. The van der Waals surface area contributed by atoms with E-state index in [0.717, 1.165) is 12.1 Å². The van der Waals surface area contributed by atoms with Gasteiger partial charge in [0.25, 0.3) is 0 Å². The van der Waals surface area contributed by atoms with Crippen LogP contribution >= 0.6 is 0 Å². The normalized spacial score (nSPS) is 19.5. The smallest absolute Gasteiger partial charge is 0.238 e. The van der Waals surface area contributed by atoms with Gasteiger partial charge in [0.05, 0.1) is 4.90 Å². The summed E-state index contributed by atoms with van der Waals surface area (Å²) in [5, 5.41) is 8.54. The molecule has 1 atom stereocenters. The van der Waals surface area contributed by atoms with E-state index in [4.69, 9.17) is 5.14 Å². The zero-order valence-electron chi connectivity index (χ0n) is 10.8. The van der Waals surface area contributed by atoms with Crippen LogP contribution in [0.1, 0.15) is 38.3 Å². The van der Waals surface area contributed by atoms with E-state index < -0.39 is 10.0 Å². The number of nitrogens with one attached hydrogen (secondary N) is 1. The Kier molecular flexibility index (Phi) is 3.49. The summed E-state index contributed by atoms with van der Waals surface area (Å²) in [4.78, 5) is 0.160. The second kappa shape index (κ2) is 4.64. The fourth-order valence-corrected chi connectivity index (χ4v) is 2.37. The zero-order valence-corrected chi connectivity index (χ0v) is 11.6. The van der Waals surface area contributed by atoms with Crippen molar-refractivity contribution in [3.8, 4) is 0 Å². The fraction of sp³-hybridized carbons (Fsp3) is 0.538. The molecule has 0 heterocycles. The lowest BCUT2D eigenvalue weighted by atomic mass is 10.1. The highest BCUT2D eigenvalue weighted by Gasteiger charge is 2.36. The highest BCUT2D eigenvalue weighted by atomic mass is 32.2. The number of benzene rings is 1. The molecule has 0 saturated heterocycles. The second-order valence-electron chi connectivity index (χ2n) is 5.53. The van der Waals surface area contributed by atoms with Gasteiger partial charge in [0, 0.05) is 12.6 Å². The molecule has 3 N–H and O–H groups in total. The fourth-order valence-electron chi connectivity index (χ4n) is 1.85. The summed E-state index contributed by atoms with van der Waals surface area (Å²) >= 11 is 0. The molecule has 0 bridgehead atoms. The van der Waals surface area contributed by atoms with Crippen LogP contribution in [-0.4, -0.2) is 15.0 Å². The lowest BCUT2D eigenvalue weighted by Gasteiger charge is -2.17. The van der Waals surface area contributed by atoms with Crippen LogP contribution in [0.3, 0.4) is 0 Å². The first-order chi connectivity index (χ1) is 8.30. The summed E-state index contributed by atoms with van der Waals surface area (Å²) in [5.74, 6) is 0. The van der Waals surface area contributed by atoms with E-state index in [1.807, 2.05) is 12.1 Å². The molecular weight excluding hydrogens is 248 g/mol.